The molecular weight excluding hydrogens is 426 g/mol. The molecule has 0 saturated heterocycles. The third-order valence-corrected chi connectivity index (χ3v) is 6.21. The number of amides is 1. The van der Waals surface area contributed by atoms with Crippen LogP contribution in [0.5, 0.6) is 0 Å². The predicted octanol–water partition coefficient (Wildman–Crippen LogP) is 4.21. The molecule has 1 N–H and O–H groups in total. The van der Waals surface area contributed by atoms with Crippen LogP contribution in [0, 0.1) is 20.8 Å². The van der Waals surface area contributed by atoms with E-state index in [4.69, 9.17) is 0 Å². The molecule has 0 bridgehead atoms. The van der Waals surface area contributed by atoms with E-state index < -0.39 is 0 Å². The third-order valence-electron chi connectivity index (χ3n) is 6.21. The first-order chi connectivity index (χ1) is 16.3. The van der Waals surface area contributed by atoms with Crippen LogP contribution in [-0.2, 0) is 11.3 Å². The van der Waals surface area contributed by atoms with Gasteiger partial charge in [-0.05, 0) is 50.8 Å². The summed E-state index contributed by atoms with van der Waals surface area (Å²) in [4.78, 5) is 25.4. The maximum absolute atomic E-state index is 13.1. The summed E-state index contributed by atoms with van der Waals surface area (Å²) in [7, 11) is 0. The Morgan fingerprint density at radius 2 is 1.71 bits per heavy atom. The first kappa shape index (κ1) is 23.4. The fraction of sp³-hybridized carbons (Fsp3) is 0.333. The minimum absolute atomic E-state index is 0.0203. The molecule has 7 nitrogen and oxygen atoms in total. The molecule has 0 aliphatic heterocycles. The molecule has 2 aromatic heterocycles. The summed E-state index contributed by atoms with van der Waals surface area (Å²) in [6.07, 6.45) is 0.866. The van der Waals surface area contributed by atoms with E-state index in [1.54, 1.807) is 4.68 Å². The Labute approximate surface area is 199 Å². The quantitative estimate of drug-likeness (QED) is 0.430. The van der Waals surface area contributed by atoms with Crippen molar-refractivity contribution in [2.45, 2.75) is 53.0 Å². The van der Waals surface area contributed by atoms with Gasteiger partial charge in [-0.3, -0.25) is 9.59 Å². The first-order valence-corrected chi connectivity index (χ1v) is 11.7. The second-order valence-electron chi connectivity index (χ2n) is 8.89. The molecule has 0 saturated carbocycles. The number of aromatic nitrogens is 4. The molecule has 0 aliphatic carbocycles. The number of rotatable bonds is 8. The van der Waals surface area contributed by atoms with E-state index in [-0.39, 0.29) is 17.4 Å². The third kappa shape index (κ3) is 4.93. The highest BCUT2D eigenvalue weighted by atomic mass is 16.1. The van der Waals surface area contributed by atoms with Gasteiger partial charge in [0.2, 0.25) is 5.91 Å². The Morgan fingerprint density at radius 3 is 2.41 bits per heavy atom. The van der Waals surface area contributed by atoms with E-state index in [2.05, 4.69) is 34.6 Å². The Bertz CT molecular complexity index is 1350. The van der Waals surface area contributed by atoms with Crippen molar-refractivity contribution in [1.82, 2.24) is 24.9 Å². The number of fused-ring (bicyclic) bond motifs is 1. The number of hydrogen-bond acceptors (Lipinski definition) is 4. The number of aryl methyl sites for hydroxylation is 4. The van der Waals surface area contributed by atoms with Crippen molar-refractivity contribution in [3.8, 4) is 5.69 Å². The van der Waals surface area contributed by atoms with Gasteiger partial charge in [0.25, 0.3) is 5.56 Å². The van der Waals surface area contributed by atoms with Crippen molar-refractivity contribution in [2.24, 2.45) is 0 Å². The molecular formula is C27H31N5O2. The zero-order chi connectivity index (χ0) is 24.2. The minimum atomic E-state index is -0.229. The van der Waals surface area contributed by atoms with Crippen LogP contribution < -0.4 is 10.9 Å². The Kier molecular flexibility index (Phi) is 6.91. The van der Waals surface area contributed by atoms with Gasteiger partial charge in [-0.2, -0.15) is 10.2 Å². The molecule has 1 amide bonds. The molecule has 2 heterocycles. The second-order valence-corrected chi connectivity index (χ2v) is 8.89. The molecule has 34 heavy (non-hydrogen) atoms. The zero-order valence-corrected chi connectivity index (χ0v) is 20.2. The molecule has 0 unspecified atom stereocenters. The van der Waals surface area contributed by atoms with E-state index in [1.807, 2.05) is 63.2 Å². The number of carbonyl (C=O) groups is 1. The van der Waals surface area contributed by atoms with Crippen molar-refractivity contribution in [3.05, 3.63) is 87.5 Å². The maximum Gasteiger partial charge on any atom is 0.295 e. The van der Waals surface area contributed by atoms with Gasteiger partial charge in [0, 0.05) is 19.5 Å². The summed E-state index contributed by atoms with van der Waals surface area (Å²) >= 11 is 0. The van der Waals surface area contributed by atoms with Crippen LogP contribution in [0.4, 0.5) is 0 Å². The standard InChI is InChI=1S/C27H31N5O2/c1-18-12-14-23(15-13-18)32-21(4)25-20(3)29-31(27(34)26(25)30-32)16-8-11-24(33)28-17-19(2)22-9-6-5-7-10-22/h5-7,9-10,12-15,19H,8,11,16-17H2,1-4H3,(H,28,33)/t19-/m1/s1. The Hall–Kier alpha value is -3.74. The smallest absolute Gasteiger partial charge is 0.295 e. The molecule has 0 spiro atoms. The number of carbonyl (C=O) groups excluding carboxylic acids is 1. The lowest BCUT2D eigenvalue weighted by Crippen LogP contribution is -2.28. The second kappa shape index (κ2) is 10.0. The van der Waals surface area contributed by atoms with Crippen molar-refractivity contribution < 1.29 is 4.79 Å². The molecule has 0 fully saturated rings. The lowest BCUT2D eigenvalue weighted by atomic mass is 10.0. The van der Waals surface area contributed by atoms with Gasteiger partial charge in [0.15, 0.2) is 5.52 Å². The summed E-state index contributed by atoms with van der Waals surface area (Å²) in [5.41, 5.74) is 5.09. The summed E-state index contributed by atoms with van der Waals surface area (Å²) in [6, 6.07) is 18.2. The van der Waals surface area contributed by atoms with E-state index in [9.17, 15) is 9.59 Å². The highest BCUT2D eigenvalue weighted by molar-refractivity contribution is 5.83. The number of benzene rings is 2. The number of nitrogens with zero attached hydrogens (tertiary/aromatic N) is 4. The Balaban J connectivity index is 1.42. The average Bonchev–Trinajstić information content (AvgIpc) is 3.19. The van der Waals surface area contributed by atoms with Crippen molar-refractivity contribution >= 4 is 16.8 Å². The summed E-state index contributed by atoms with van der Waals surface area (Å²) < 4.78 is 3.23. The predicted molar refractivity (Wildman–Crippen MR) is 134 cm³/mol. The van der Waals surface area contributed by atoms with E-state index >= 15 is 0 Å². The van der Waals surface area contributed by atoms with Crippen LogP contribution in [0.15, 0.2) is 59.4 Å². The van der Waals surface area contributed by atoms with Crippen LogP contribution in [-0.4, -0.2) is 32.0 Å². The van der Waals surface area contributed by atoms with Gasteiger partial charge in [-0.25, -0.2) is 9.36 Å². The van der Waals surface area contributed by atoms with Crippen LogP contribution in [0.3, 0.4) is 0 Å². The first-order valence-electron chi connectivity index (χ1n) is 11.7. The molecule has 7 heteroatoms. The molecule has 2 aromatic carbocycles. The fourth-order valence-corrected chi connectivity index (χ4v) is 4.22. The average molecular weight is 458 g/mol. The molecule has 4 aromatic rings. The Morgan fingerprint density at radius 1 is 1.00 bits per heavy atom. The largest absolute Gasteiger partial charge is 0.356 e. The number of nitrogens with one attached hydrogen (secondary N) is 1. The topological polar surface area (TPSA) is 81.8 Å². The van der Waals surface area contributed by atoms with Crippen molar-refractivity contribution in [3.63, 3.8) is 0 Å². The van der Waals surface area contributed by atoms with Gasteiger partial charge in [-0.1, -0.05) is 55.0 Å². The van der Waals surface area contributed by atoms with E-state index in [0.717, 1.165) is 28.0 Å². The SMILES string of the molecule is Cc1ccc(-n2nc3c(=O)n(CCCC(=O)NC[C@@H](C)c4ccccc4)nc(C)c3c2C)cc1. The molecule has 0 radical (unpaired) electrons. The highest BCUT2D eigenvalue weighted by Crippen LogP contribution is 2.21. The molecule has 1 atom stereocenters. The zero-order valence-electron chi connectivity index (χ0n) is 20.2. The van der Waals surface area contributed by atoms with Gasteiger partial charge < -0.3 is 5.32 Å². The van der Waals surface area contributed by atoms with Crippen LogP contribution in [0.2, 0.25) is 0 Å². The lowest BCUT2D eigenvalue weighted by Gasteiger charge is -2.13. The monoisotopic (exact) mass is 457 g/mol. The van der Waals surface area contributed by atoms with Crippen LogP contribution in [0.25, 0.3) is 16.6 Å². The highest BCUT2D eigenvalue weighted by Gasteiger charge is 2.17. The summed E-state index contributed by atoms with van der Waals surface area (Å²) in [5, 5.41) is 12.9. The van der Waals surface area contributed by atoms with Gasteiger partial charge in [0.05, 0.1) is 22.5 Å². The van der Waals surface area contributed by atoms with E-state index in [1.165, 1.54) is 10.2 Å². The summed E-state index contributed by atoms with van der Waals surface area (Å²) in [6.45, 7) is 8.93. The number of hydrogen-bond donors (Lipinski definition) is 1. The molecule has 0 aliphatic rings. The van der Waals surface area contributed by atoms with Gasteiger partial charge in [-0.15, -0.1) is 0 Å². The minimum Gasteiger partial charge on any atom is -0.356 e. The van der Waals surface area contributed by atoms with Crippen LogP contribution in [0.1, 0.15) is 48.2 Å². The van der Waals surface area contributed by atoms with Gasteiger partial charge >= 0.3 is 0 Å². The van der Waals surface area contributed by atoms with Crippen molar-refractivity contribution in [2.75, 3.05) is 6.54 Å². The summed E-state index contributed by atoms with van der Waals surface area (Å²) in [5.74, 6) is 0.222. The normalized spacial score (nSPS) is 12.1. The van der Waals surface area contributed by atoms with Crippen LogP contribution >= 0.6 is 0 Å². The maximum atomic E-state index is 13.1. The van der Waals surface area contributed by atoms with E-state index in [0.29, 0.717) is 31.4 Å². The molecule has 4 rings (SSSR count). The van der Waals surface area contributed by atoms with Crippen molar-refractivity contribution in [1.29, 1.82) is 0 Å². The lowest BCUT2D eigenvalue weighted by molar-refractivity contribution is -0.121. The molecule has 176 valence electrons. The van der Waals surface area contributed by atoms with Gasteiger partial charge in [0.1, 0.15) is 0 Å². The fourth-order valence-electron chi connectivity index (χ4n) is 4.22.